The molecule has 2 N–H and O–H groups in total. The van der Waals surface area contributed by atoms with Gasteiger partial charge in [0.1, 0.15) is 16.7 Å². The number of benzene rings is 2. The molecule has 0 unspecified atom stereocenters. The molecule has 12 heteroatoms. The van der Waals surface area contributed by atoms with E-state index >= 15 is 0 Å². The first-order chi connectivity index (χ1) is 17.9. The van der Waals surface area contributed by atoms with Crippen molar-refractivity contribution in [3.63, 3.8) is 0 Å². The van der Waals surface area contributed by atoms with Crippen LogP contribution in [0.5, 0.6) is 0 Å². The van der Waals surface area contributed by atoms with Crippen LogP contribution >= 0.6 is 11.6 Å². The molecule has 0 aliphatic heterocycles. The van der Waals surface area contributed by atoms with Gasteiger partial charge in [-0.25, -0.2) is 24.7 Å². The topological polar surface area (TPSA) is 159 Å². The number of aryl methyl sites for hydroxylation is 1. The van der Waals surface area contributed by atoms with Crippen LogP contribution < -0.4 is 10.6 Å². The van der Waals surface area contributed by atoms with E-state index in [-0.39, 0.29) is 16.8 Å². The molecule has 0 saturated heterocycles. The van der Waals surface area contributed by atoms with Crippen LogP contribution in [0.25, 0.3) is 32.2 Å². The fourth-order valence-electron chi connectivity index (χ4n) is 3.25. The maximum atomic E-state index is 12.0. The van der Waals surface area contributed by atoms with Crippen molar-refractivity contribution >= 4 is 57.1 Å². The quantitative estimate of drug-likeness (QED) is 0.125. The summed E-state index contributed by atoms with van der Waals surface area (Å²) < 4.78 is 0. The van der Waals surface area contributed by atoms with Crippen molar-refractivity contribution in [2.45, 2.75) is 6.92 Å². The van der Waals surface area contributed by atoms with E-state index in [0.717, 1.165) is 16.3 Å². The van der Waals surface area contributed by atoms with Gasteiger partial charge in [-0.3, -0.25) is 15.4 Å². The van der Waals surface area contributed by atoms with Crippen LogP contribution in [-0.2, 0) is 0 Å². The maximum absolute atomic E-state index is 12.0. The SMILES string of the molecule is Cc1cc(Cl)nc(NC(=O)Nc2ccc3ccccc3n2)n1.[N-]=[N+]=NC(=O)c1ccc2ccccc2n1. The molecule has 0 aliphatic carbocycles. The highest BCUT2D eigenvalue weighted by Crippen LogP contribution is 2.15. The lowest BCUT2D eigenvalue weighted by atomic mass is 10.2. The Morgan fingerprint density at radius 2 is 1.49 bits per heavy atom. The Balaban J connectivity index is 0.000000186. The number of amides is 3. The Morgan fingerprint density at radius 1 is 0.838 bits per heavy atom. The number of halogens is 1. The first kappa shape index (κ1) is 25.0. The third kappa shape index (κ3) is 6.73. The summed E-state index contributed by atoms with van der Waals surface area (Å²) in [6.07, 6.45) is 0. The molecule has 5 rings (SSSR count). The van der Waals surface area contributed by atoms with Gasteiger partial charge < -0.3 is 0 Å². The third-order valence-corrected chi connectivity index (χ3v) is 5.04. The largest absolute Gasteiger partial charge is 0.327 e. The molecule has 0 fully saturated rings. The van der Waals surface area contributed by atoms with Gasteiger partial charge in [0.25, 0.3) is 5.91 Å². The molecule has 182 valence electrons. The summed E-state index contributed by atoms with van der Waals surface area (Å²) in [5, 5.41) is 10.4. The lowest BCUT2D eigenvalue weighted by Gasteiger charge is -2.07. The number of rotatable bonds is 3. The Morgan fingerprint density at radius 3 is 2.16 bits per heavy atom. The van der Waals surface area contributed by atoms with Crippen LogP contribution in [0.3, 0.4) is 0 Å². The molecule has 0 radical (unpaired) electrons. The molecule has 0 bridgehead atoms. The highest BCUT2D eigenvalue weighted by Gasteiger charge is 2.08. The molecule has 3 amide bonds. The van der Waals surface area contributed by atoms with Crippen LogP contribution in [0.2, 0.25) is 5.15 Å². The Kier molecular flexibility index (Phi) is 7.79. The van der Waals surface area contributed by atoms with Gasteiger partial charge in [-0.1, -0.05) is 54.1 Å². The van der Waals surface area contributed by atoms with Crippen LogP contribution in [0.1, 0.15) is 16.2 Å². The number of hydrogen-bond acceptors (Lipinski definition) is 6. The number of nitrogens with zero attached hydrogens (tertiary/aromatic N) is 7. The van der Waals surface area contributed by atoms with E-state index in [4.69, 9.17) is 17.1 Å². The highest BCUT2D eigenvalue weighted by molar-refractivity contribution is 6.29. The number of hydrogen-bond donors (Lipinski definition) is 2. The summed E-state index contributed by atoms with van der Waals surface area (Å²) in [5.41, 5.74) is 10.5. The summed E-state index contributed by atoms with van der Waals surface area (Å²) in [4.78, 5) is 42.0. The zero-order chi connectivity index (χ0) is 26.2. The Labute approximate surface area is 215 Å². The molecule has 0 spiro atoms. The molecule has 5 aromatic rings. The van der Waals surface area contributed by atoms with Gasteiger partial charge in [0.2, 0.25) is 5.95 Å². The van der Waals surface area contributed by atoms with Gasteiger partial charge in [-0.15, -0.1) is 0 Å². The minimum Gasteiger partial charge on any atom is -0.292 e. The van der Waals surface area contributed by atoms with Crippen molar-refractivity contribution in [1.29, 1.82) is 0 Å². The van der Waals surface area contributed by atoms with Crippen molar-refractivity contribution in [3.8, 4) is 0 Å². The summed E-state index contributed by atoms with van der Waals surface area (Å²) in [7, 11) is 0. The smallest absolute Gasteiger partial charge is 0.292 e. The van der Waals surface area contributed by atoms with E-state index in [1.54, 1.807) is 37.3 Å². The number of para-hydroxylation sites is 2. The van der Waals surface area contributed by atoms with E-state index in [9.17, 15) is 9.59 Å². The lowest BCUT2D eigenvalue weighted by molar-refractivity contribution is 0.0996. The average Bonchev–Trinajstić information content (AvgIpc) is 2.88. The molecule has 3 aromatic heterocycles. The number of urea groups is 1. The van der Waals surface area contributed by atoms with E-state index in [0.29, 0.717) is 17.0 Å². The van der Waals surface area contributed by atoms with E-state index in [1.165, 1.54) is 0 Å². The lowest BCUT2D eigenvalue weighted by Crippen LogP contribution is -2.21. The van der Waals surface area contributed by atoms with Crippen molar-refractivity contribution in [2.75, 3.05) is 10.6 Å². The second-order valence-electron chi connectivity index (χ2n) is 7.51. The van der Waals surface area contributed by atoms with Crippen molar-refractivity contribution in [1.82, 2.24) is 19.9 Å². The Hall–Kier alpha value is -5.12. The molecule has 0 saturated carbocycles. The summed E-state index contributed by atoms with van der Waals surface area (Å²) in [5.74, 6) is -0.0820. The van der Waals surface area contributed by atoms with Crippen molar-refractivity contribution < 1.29 is 9.59 Å². The minimum atomic E-state index is -0.664. The predicted octanol–water partition coefficient (Wildman–Crippen LogP) is 6.32. The van der Waals surface area contributed by atoms with Crippen LogP contribution in [0, 0.1) is 6.92 Å². The maximum Gasteiger partial charge on any atom is 0.327 e. The highest BCUT2D eigenvalue weighted by atomic mass is 35.5. The second-order valence-corrected chi connectivity index (χ2v) is 7.90. The third-order valence-electron chi connectivity index (χ3n) is 4.84. The number of carbonyl (C=O) groups is 2. The number of aromatic nitrogens is 4. The van der Waals surface area contributed by atoms with Gasteiger partial charge in [0.05, 0.1) is 11.0 Å². The monoisotopic (exact) mass is 511 g/mol. The molecule has 0 aliphatic rings. The van der Waals surface area contributed by atoms with Gasteiger partial charge in [-0.2, -0.15) is 0 Å². The van der Waals surface area contributed by atoms with Gasteiger partial charge >= 0.3 is 6.03 Å². The molecule has 37 heavy (non-hydrogen) atoms. The molecule has 3 heterocycles. The summed E-state index contributed by atoms with van der Waals surface area (Å²) in [6, 6.07) is 23.1. The minimum absolute atomic E-state index is 0.142. The van der Waals surface area contributed by atoms with Crippen LogP contribution in [-0.4, -0.2) is 31.9 Å². The standard InChI is InChI=1S/C15H12ClN5O.C10H6N4O/c1-9-8-12(16)19-14(17-9)21-15(22)20-13-7-6-10-4-2-3-5-11(10)18-13;11-14-13-10(15)9-6-5-7-3-1-2-4-8(7)12-9/h2-8H,1H3,(H2,17,18,19,20,21,22);1-6H. The first-order valence-corrected chi connectivity index (χ1v) is 11.2. The number of fused-ring (bicyclic) bond motifs is 2. The second kappa shape index (κ2) is 11.5. The van der Waals surface area contributed by atoms with Gasteiger partial charge in [0, 0.05) is 21.4 Å². The number of azide groups is 1. The molecular weight excluding hydrogens is 494 g/mol. The van der Waals surface area contributed by atoms with Crippen LogP contribution in [0.15, 0.2) is 84.0 Å². The molecular formula is C25H18ClN9O2. The van der Waals surface area contributed by atoms with Gasteiger partial charge in [-0.05, 0) is 54.0 Å². The zero-order valence-electron chi connectivity index (χ0n) is 19.3. The molecule has 11 nitrogen and oxygen atoms in total. The predicted molar refractivity (Wildman–Crippen MR) is 141 cm³/mol. The normalized spacial score (nSPS) is 10.1. The van der Waals surface area contributed by atoms with Crippen LogP contribution in [0.4, 0.5) is 16.6 Å². The van der Waals surface area contributed by atoms with Crippen molar-refractivity contribution in [2.24, 2.45) is 5.11 Å². The molecule has 2 aromatic carbocycles. The first-order valence-electron chi connectivity index (χ1n) is 10.8. The number of anilines is 2. The van der Waals surface area contributed by atoms with Gasteiger partial charge in [0.15, 0.2) is 0 Å². The molecule has 0 atom stereocenters. The average molecular weight is 512 g/mol. The fourth-order valence-corrected chi connectivity index (χ4v) is 3.49. The summed E-state index contributed by atoms with van der Waals surface area (Å²) >= 11 is 5.82. The van der Waals surface area contributed by atoms with E-state index in [1.807, 2.05) is 48.5 Å². The number of carbonyl (C=O) groups excluding carboxylic acids is 2. The van der Waals surface area contributed by atoms with E-state index < -0.39 is 11.9 Å². The zero-order valence-corrected chi connectivity index (χ0v) is 20.1. The van der Waals surface area contributed by atoms with Crippen molar-refractivity contribution in [3.05, 3.63) is 106 Å². The summed E-state index contributed by atoms with van der Waals surface area (Å²) in [6.45, 7) is 1.77. The number of pyridine rings is 2. The Bertz CT molecular complexity index is 1650. The fraction of sp³-hybridized carbons (Fsp3) is 0.0400. The van der Waals surface area contributed by atoms with E-state index in [2.05, 4.69) is 40.6 Å². The number of nitrogens with one attached hydrogen (secondary N) is 2.